The SMILES string of the molecule is Cc1c(F)c(F)cc2c1SCN2. The van der Waals surface area contributed by atoms with Crippen molar-refractivity contribution >= 4 is 17.4 Å². The largest absolute Gasteiger partial charge is 0.375 e. The quantitative estimate of drug-likeness (QED) is 0.670. The number of thioether (sulfide) groups is 1. The fourth-order valence-corrected chi connectivity index (χ4v) is 2.20. The molecule has 0 bridgehead atoms. The van der Waals surface area contributed by atoms with Crippen LogP contribution in [0, 0.1) is 18.6 Å². The summed E-state index contributed by atoms with van der Waals surface area (Å²) in [7, 11) is 0. The second-order valence-electron chi connectivity index (χ2n) is 2.64. The first kappa shape index (κ1) is 7.86. The fourth-order valence-electron chi connectivity index (χ4n) is 1.24. The molecule has 1 heterocycles. The molecule has 0 unspecified atom stereocenters. The van der Waals surface area contributed by atoms with Gasteiger partial charge < -0.3 is 5.32 Å². The molecule has 0 atom stereocenters. The summed E-state index contributed by atoms with van der Waals surface area (Å²) in [6.45, 7) is 1.59. The van der Waals surface area contributed by atoms with Crippen LogP contribution in [0.1, 0.15) is 5.56 Å². The molecule has 0 spiro atoms. The molecule has 1 aliphatic heterocycles. The maximum Gasteiger partial charge on any atom is 0.162 e. The molecule has 1 aromatic rings. The number of fused-ring (bicyclic) bond motifs is 1. The van der Waals surface area contributed by atoms with Gasteiger partial charge in [-0.25, -0.2) is 8.78 Å². The van der Waals surface area contributed by atoms with Crippen molar-refractivity contribution in [1.29, 1.82) is 0 Å². The first-order chi connectivity index (χ1) is 5.70. The van der Waals surface area contributed by atoms with Gasteiger partial charge >= 0.3 is 0 Å². The van der Waals surface area contributed by atoms with E-state index in [1.807, 2.05) is 0 Å². The van der Waals surface area contributed by atoms with Gasteiger partial charge in [0.15, 0.2) is 11.6 Å². The van der Waals surface area contributed by atoms with Crippen molar-refractivity contribution in [3.63, 3.8) is 0 Å². The maximum absolute atomic E-state index is 13.0. The summed E-state index contributed by atoms with van der Waals surface area (Å²) in [6, 6.07) is 1.21. The van der Waals surface area contributed by atoms with Gasteiger partial charge in [-0.1, -0.05) is 0 Å². The third-order valence-corrected chi connectivity index (χ3v) is 2.98. The zero-order valence-corrected chi connectivity index (χ0v) is 7.27. The van der Waals surface area contributed by atoms with Crippen molar-refractivity contribution in [2.24, 2.45) is 0 Å². The van der Waals surface area contributed by atoms with Gasteiger partial charge in [0.25, 0.3) is 0 Å². The van der Waals surface area contributed by atoms with Crippen LogP contribution in [0.5, 0.6) is 0 Å². The second-order valence-corrected chi connectivity index (χ2v) is 3.63. The van der Waals surface area contributed by atoms with E-state index < -0.39 is 11.6 Å². The highest BCUT2D eigenvalue weighted by molar-refractivity contribution is 8.00. The van der Waals surface area contributed by atoms with Crippen LogP contribution in [0.25, 0.3) is 0 Å². The van der Waals surface area contributed by atoms with Gasteiger partial charge in [-0.15, -0.1) is 11.8 Å². The molecule has 2 rings (SSSR count). The third kappa shape index (κ3) is 0.982. The van der Waals surface area contributed by atoms with Crippen LogP contribution in [-0.4, -0.2) is 5.88 Å². The lowest BCUT2D eigenvalue weighted by Crippen LogP contribution is -1.94. The molecule has 0 radical (unpaired) electrons. The molecule has 64 valence electrons. The van der Waals surface area contributed by atoms with Crippen LogP contribution >= 0.6 is 11.8 Å². The van der Waals surface area contributed by atoms with Crippen molar-refractivity contribution in [1.82, 2.24) is 0 Å². The fraction of sp³-hybridized carbons (Fsp3) is 0.250. The highest BCUT2D eigenvalue weighted by atomic mass is 32.2. The van der Waals surface area contributed by atoms with Crippen LogP contribution in [0.15, 0.2) is 11.0 Å². The molecule has 0 fully saturated rings. The van der Waals surface area contributed by atoms with Crippen molar-refractivity contribution in [2.75, 3.05) is 11.2 Å². The lowest BCUT2D eigenvalue weighted by Gasteiger charge is -2.04. The summed E-state index contributed by atoms with van der Waals surface area (Å²) in [5.41, 5.74) is 1.11. The number of benzene rings is 1. The Balaban J connectivity index is 2.67. The Morgan fingerprint density at radius 1 is 1.50 bits per heavy atom. The van der Waals surface area contributed by atoms with Gasteiger partial charge in [0.05, 0.1) is 11.6 Å². The molecule has 0 saturated carbocycles. The maximum atomic E-state index is 13.0. The van der Waals surface area contributed by atoms with Gasteiger partial charge in [-0.3, -0.25) is 0 Å². The number of hydrogen-bond donors (Lipinski definition) is 1. The summed E-state index contributed by atoms with van der Waals surface area (Å²) in [5.74, 6) is -0.815. The van der Waals surface area contributed by atoms with Crippen molar-refractivity contribution in [3.05, 3.63) is 23.3 Å². The normalized spacial score (nSPS) is 14.2. The summed E-state index contributed by atoms with van der Waals surface area (Å²) < 4.78 is 25.8. The highest BCUT2D eigenvalue weighted by Gasteiger charge is 2.19. The first-order valence-electron chi connectivity index (χ1n) is 3.55. The van der Waals surface area contributed by atoms with Crippen LogP contribution in [0.3, 0.4) is 0 Å². The van der Waals surface area contributed by atoms with E-state index in [9.17, 15) is 8.78 Å². The minimum absolute atomic E-state index is 0.403. The summed E-state index contributed by atoms with van der Waals surface area (Å²) >= 11 is 1.50. The Labute approximate surface area is 73.2 Å². The van der Waals surface area contributed by atoms with E-state index in [4.69, 9.17) is 0 Å². The monoisotopic (exact) mass is 187 g/mol. The van der Waals surface area contributed by atoms with Crippen LogP contribution in [0.4, 0.5) is 14.5 Å². The Kier molecular flexibility index (Phi) is 1.72. The number of hydrogen-bond acceptors (Lipinski definition) is 2. The van der Waals surface area contributed by atoms with E-state index in [0.717, 1.165) is 4.90 Å². The molecule has 0 aliphatic carbocycles. The molecule has 0 saturated heterocycles. The lowest BCUT2D eigenvalue weighted by molar-refractivity contribution is 0.500. The van der Waals surface area contributed by atoms with Gasteiger partial charge in [0.2, 0.25) is 0 Å². The molecular weight excluding hydrogens is 180 g/mol. The Morgan fingerprint density at radius 3 is 3.00 bits per heavy atom. The molecular formula is C8H7F2NS. The molecule has 4 heteroatoms. The second kappa shape index (κ2) is 2.62. The average Bonchev–Trinajstić information content (AvgIpc) is 2.48. The molecule has 1 aromatic carbocycles. The molecule has 0 amide bonds. The van der Waals surface area contributed by atoms with Crippen molar-refractivity contribution < 1.29 is 8.78 Å². The minimum atomic E-state index is -0.777. The Morgan fingerprint density at radius 2 is 2.25 bits per heavy atom. The van der Waals surface area contributed by atoms with E-state index in [1.165, 1.54) is 17.8 Å². The average molecular weight is 187 g/mol. The molecule has 0 aromatic heterocycles. The standard InChI is InChI=1S/C8H7F2NS/c1-4-7(10)5(9)2-6-8(4)12-3-11-6/h2,11H,3H2,1H3. The minimum Gasteiger partial charge on any atom is -0.375 e. The number of halogens is 2. The van der Waals surface area contributed by atoms with Gasteiger partial charge in [-0.2, -0.15) is 0 Å². The van der Waals surface area contributed by atoms with E-state index >= 15 is 0 Å². The summed E-state index contributed by atoms with van der Waals surface area (Å²) in [6.07, 6.45) is 0. The van der Waals surface area contributed by atoms with E-state index in [0.29, 0.717) is 17.1 Å². The number of nitrogens with one attached hydrogen (secondary N) is 1. The predicted molar refractivity (Wildman–Crippen MR) is 45.4 cm³/mol. The zero-order chi connectivity index (χ0) is 8.72. The number of anilines is 1. The van der Waals surface area contributed by atoms with Crippen LogP contribution in [-0.2, 0) is 0 Å². The summed E-state index contributed by atoms with van der Waals surface area (Å²) in [4.78, 5) is 0.828. The molecule has 1 N–H and O–H groups in total. The Bertz CT molecular complexity index is 338. The van der Waals surface area contributed by atoms with E-state index in [2.05, 4.69) is 5.32 Å². The first-order valence-corrected chi connectivity index (χ1v) is 4.54. The van der Waals surface area contributed by atoms with Crippen LogP contribution in [0.2, 0.25) is 0 Å². The Hall–Kier alpha value is -0.770. The topological polar surface area (TPSA) is 12.0 Å². The smallest absolute Gasteiger partial charge is 0.162 e. The lowest BCUT2D eigenvalue weighted by atomic mass is 10.2. The van der Waals surface area contributed by atoms with Gasteiger partial charge in [0, 0.05) is 16.5 Å². The van der Waals surface area contributed by atoms with Crippen molar-refractivity contribution in [3.8, 4) is 0 Å². The van der Waals surface area contributed by atoms with E-state index in [1.54, 1.807) is 6.92 Å². The van der Waals surface area contributed by atoms with Crippen molar-refractivity contribution in [2.45, 2.75) is 11.8 Å². The van der Waals surface area contributed by atoms with Gasteiger partial charge in [-0.05, 0) is 6.92 Å². The predicted octanol–water partition coefficient (Wildman–Crippen LogP) is 2.75. The summed E-state index contributed by atoms with van der Waals surface area (Å²) in [5, 5.41) is 2.97. The molecule has 12 heavy (non-hydrogen) atoms. The zero-order valence-electron chi connectivity index (χ0n) is 6.45. The van der Waals surface area contributed by atoms with E-state index in [-0.39, 0.29) is 0 Å². The molecule has 1 aliphatic rings. The number of rotatable bonds is 0. The van der Waals surface area contributed by atoms with Gasteiger partial charge in [0.1, 0.15) is 0 Å². The van der Waals surface area contributed by atoms with Crippen LogP contribution < -0.4 is 5.32 Å². The molecule has 1 nitrogen and oxygen atoms in total. The third-order valence-electron chi connectivity index (χ3n) is 1.87. The highest BCUT2D eigenvalue weighted by Crippen LogP contribution is 2.38.